The Hall–Kier alpha value is -1.68. The summed E-state index contributed by atoms with van der Waals surface area (Å²) in [5.41, 5.74) is 0.944. The number of halogens is 3. The molecule has 1 aliphatic heterocycles. The molecular weight excluding hydrogens is 454 g/mol. The zero-order chi connectivity index (χ0) is 21.7. The van der Waals surface area contributed by atoms with Crippen LogP contribution in [0.2, 0.25) is 5.02 Å². The normalized spacial score (nSPS) is 16.0. The van der Waals surface area contributed by atoms with Gasteiger partial charge in [0.05, 0.1) is 21.4 Å². The van der Waals surface area contributed by atoms with Crippen molar-refractivity contribution in [1.29, 1.82) is 0 Å². The number of benzene rings is 2. The summed E-state index contributed by atoms with van der Waals surface area (Å²) in [6.07, 6.45) is 0.718. The average molecular weight is 475 g/mol. The van der Waals surface area contributed by atoms with E-state index in [4.69, 9.17) is 11.6 Å². The van der Waals surface area contributed by atoms with Crippen LogP contribution in [-0.4, -0.2) is 37.5 Å². The minimum Gasteiger partial charge on any atom is -0.325 e. The molecule has 0 spiro atoms. The van der Waals surface area contributed by atoms with Crippen LogP contribution in [0.1, 0.15) is 18.4 Å². The first kappa shape index (κ1) is 23.0. The van der Waals surface area contributed by atoms with Gasteiger partial charge in [-0.15, -0.1) is 0 Å². The van der Waals surface area contributed by atoms with Crippen LogP contribution < -0.4 is 5.32 Å². The maximum atomic E-state index is 12.8. The number of carbonyl (C=O) groups excluding carboxylic acids is 1. The van der Waals surface area contributed by atoms with E-state index in [-0.39, 0.29) is 52.1 Å². The van der Waals surface area contributed by atoms with Gasteiger partial charge in [0.25, 0.3) is 5.76 Å². The number of amides is 1. The van der Waals surface area contributed by atoms with Gasteiger partial charge in [-0.1, -0.05) is 59.8 Å². The van der Waals surface area contributed by atoms with E-state index < -0.39 is 21.7 Å². The van der Waals surface area contributed by atoms with Crippen molar-refractivity contribution >= 4 is 45.0 Å². The number of nitrogens with zero attached hydrogens (tertiary/aromatic N) is 1. The first-order valence-corrected chi connectivity index (χ1v) is 12.2. The number of sulfonamides is 1. The highest BCUT2D eigenvalue weighted by molar-refractivity contribution is 7.99. The molecule has 1 aliphatic rings. The Labute approximate surface area is 183 Å². The second-order valence-corrected chi connectivity index (χ2v) is 10.3. The maximum absolute atomic E-state index is 12.8. The minimum absolute atomic E-state index is 0.0819. The van der Waals surface area contributed by atoms with Gasteiger partial charge in [-0.25, -0.2) is 12.7 Å². The summed E-state index contributed by atoms with van der Waals surface area (Å²) in [5, 5.41) is 2.81. The molecule has 1 fully saturated rings. The first-order chi connectivity index (χ1) is 14.3. The largest absolute Gasteiger partial charge is 0.325 e. The number of nitrogens with one attached hydrogen (secondary N) is 1. The van der Waals surface area contributed by atoms with Crippen molar-refractivity contribution in [3.05, 3.63) is 59.1 Å². The van der Waals surface area contributed by atoms with Crippen molar-refractivity contribution in [2.75, 3.05) is 18.4 Å². The second-order valence-electron chi connectivity index (χ2n) is 6.90. The summed E-state index contributed by atoms with van der Waals surface area (Å²) < 4.78 is 52.3. The highest BCUT2D eigenvalue weighted by Gasteiger charge is 2.31. The van der Waals surface area contributed by atoms with Gasteiger partial charge in [-0.2, -0.15) is 8.78 Å². The summed E-state index contributed by atoms with van der Waals surface area (Å²) in [7, 11) is -3.47. The van der Waals surface area contributed by atoms with Crippen molar-refractivity contribution in [3.8, 4) is 0 Å². The molecule has 30 heavy (non-hydrogen) atoms. The Kier molecular flexibility index (Phi) is 7.73. The molecule has 1 amide bonds. The predicted molar refractivity (Wildman–Crippen MR) is 115 cm³/mol. The van der Waals surface area contributed by atoms with Crippen molar-refractivity contribution in [2.24, 2.45) is 5.92 Å². The molecule has 0 saturated carbocycles. The molecule has 0 aliphatic carbocycles. The van der Waals surface area contributed by atoms with E-state index >= 15 is 0 Å². The van der Waals surface area contributed by atoms with Gasteiger partial charge < -0.3 is 5.32 Å². The number of alkyl halides is 2. The van der Waals surface area contributed by atoms with Gasteiger partial charge in [0, 0.05) is 19.0 Å². The smallest absolute Gasteiger partial charge is 0.289 e. The molecule has 2 aromatic carbocycles. The second kappa shape index (κ2) is 10.1. The van der Waals surface area contributed by atoms with Crippen LogP contribution in [0.5, 0.6) is 0 Å². The molecule has 10 heteroatoms. The summed E-state index contributed by atoms with van der Waals surface area (Å²) in [5.74, 6) is -3.48. The van der Waals surface area contributed by atoms with E-state index in [1.54, 1.807) is 30.3 Å². The fourth-order valence-corrected chi connectivity index (χ4v) is 5.80. The van der Waals surface area contributed by atoms with E-state index in [1.165, 1.54) is 16.4 Å². The van der Waals surface area contributed by atoms with Gasteiger partial charge >= 0.3 is 0 Å². The molecule has 0 unspecified atom stereocenters. The number of hydrogen-bond donors (Lipinski definition) is 1. The van der Waals surface area contributed by atoms with E-state index in [0.717, 1.165) is 0 Å². The van der Waals surface area contributed by atoms with Crippen molar-refractivity contribution in [3.63, 3.8) is 0 Å². The van der Waals surface area contributed by atoms with E-state index in [0.29, 0.717) is 18.4 Å². The molecule has 0 bridgehead atoms. The lowest BCUT2D eigenvalue weighted by Gasteiger charge is -2.30. The van der Waals surface area contributed by atoms with Crippen LogP contribution in [0, 0.1) is 5.92 Å². The van der Waals surface area contributed by atoms with Crippen LogP contribution >= 0.6 is 23.4 Å². The molecule has 5 nitrogen and oxygen atoms in total. The highest BCUT2D eigenvalue weighted by Crippen LogP contribution is 2.38. The average Bonchev–Trinajstić information content (AvgIpc) is 2.71. The van der Waals surface area contributed by atoms with Gasteiger partial charge in [0.15, 0.2) is 0 Å². The number of anilines is 1. The molecule has 0 atom stereocenters. The van der Waals surface area contributed by atoms with Gasteiger partial charge in [0.2, 0.25) is 15.9 Å². The zero-order valence-electron chi connectivity index (χ0n) is 15.9. The molecule has 1 N–H and O–H groups in total. The molecular formula is C20H21ClF2N2O3S2. The lowest BCUT2D eigenvalue weighted by Crippen LogP contribution is -2.41. The van der Waals surface area contributed by atoms with Crippen LogP contribution in [0.4, 0.5) is 14.5 Å². The third-order valence-electron chi connectivity index (χ3n) is 4.84. The molecule has 1 heterocycles. The van der Waals surface area contributed by atoms with E-state index in [9.17, 15) is 22.0 Å². The number of rotatable bonds is 7. The standard InChI is InChI=1S/C20H21ClF2N2O3S2/c21-16-7-4-8-17(18(16)29-20(22)23)24-19(26)15-9-11-25(12-10-15)30(27,28)13-14-5-2-1-3-6-14/h1-8,15,20H,9-13H2,(H,24,26). The minimum atomic E-state index is -3.47. The Morgan fingerprint density at radius 1 is 1.13 bits per heavy atom. The summed E-state index contributed by atoms with van der Waals surface area (Å²) in [6, 6.07) is 13.5. The SMILES string of the molecule is O=C(Nc1cccc(Cl)c1SC(F)F)C1CCN(S(=O)(=O)Cc2ccccc2)CC1. The van der Waals surface area contributed by atoms with Crippen molar-refractivity contribution < 1.29 is 22.0 Å². The number of hydrogen-bond acceptors (Lipinski definition) is 4. The summed E-state index contributed by atoms with van der Waals surface area (Å²) >= 11 is 6.28. The Balaban J connectivity index is 1.60. The molecule has 1 saturated heterocycles. The molecule has 0 radical (unpaired) electrons. The number of piperidine rings is 1. The van der Waals surface area contributed by atoms with Gasteiger partial charge in [0.1, 0.15) is 0 Å². The van der Waals surface area contributed by atoms with E-state index in [1.807, 2.05) is 6.07 Å². The Bertz CT molecular complexity index is 983. The highest BCUT2D eigenvalue weighted by atomic mass is 35.5. The monoisotopic (exact) mass is 474 g/mol. The fourth-order valence-electron chi connectivity index (χ4n) is 3.32. The topological polar surface area (TPSA) is 66.5 Å². The van der Waals surface area contributed by atoms with Crippen LogP contribution in [-0.2, 0) is 20.6 Å². The van der Waals surface area contributed by atoms with Crippen molar-refractivity contribution in [2.45, 2.75) is 29.2 Å². The number of carbonyl (C=O) groups is 1. The molecule has 162 valence electrons. The van der Waals surface area contributed by atoms with Crippen LogP contribution in [0.25, 0.3) is 0 Å². The third-order valence-corrected chi connectivity index (χ3v) is 7.97. The van der Waals surface area contributed by atoms with Crippen LogP contribution in [0.3, 0.4) is 0 Å². The first-order valence-electron chi connectivity index (χ1n) is 9.32. The summed E-state index contributed by atoms with van der Waals surface area (Å²) in [4.78, 5) is 12.8. The Morgan fingerprint density at radius 2 is 1.80 bits per heavy atom. The van der Waals surface area contributed by atoms with Gasteiger partial charge in [-0.05, 0) is 30.5 Å². The molecule has 0 aromatic heterocycles. The maximum Gasteiger partial charge on any atom is 0.289 e. The number of thioether (sulfide) groups is 1. The zero-order valence-corrected chi connectivity index (χ0v) is 18.3. The van der Waals surface area contributed by atoms with Crippen LogP contribution in [0.15, 0.2) is 53.4 Å². The fraction of sp³-hybridized carbons (Fsp3) is 0.350. The lowest BCUT2D eigenvalue weighted by molar-refractivity contribution is -0.120. The molecule has 2 aromatic rings. The summed E-state index contributed by atoms with van der Waals surface area (Å²) in [6.45, 7) is 0.475. The predicted octanol–water partition coefficient (Wildman–Crippen LogP) is 4.84. The van der Waals surface area contributed by atoms with E-state index in [2.05, 4.69) is 5.32 Å². The Morgan fingerprint density at radius 3 is 2.43 bits per heavy atom. The quantitative estimate of drug-likeness (QED) is 0.583. The molecule has 3 rings (SSSR count). The third kappa shape index (κ3) is 5.94. The van der Waals surface area contributed by atoms with Crippen molar-refractivity contribution in [1.82, 2.24) is 4.31 Å². The lowest BCUT2D eigenvalue weighted by atomic mass is 9.97. The van der Waals surface area contributed by atoms with Gasteiger partial charge in [-0.3, -0.25) is 4.79 Å².